The van der Waals surface area contributed by atoms with Crippen LogP contribution in [-0.4, -0.2) is 42.1 Å². The molecule has 0 fully saturated rings. The molecule has 1 aromatic heterocycles. The Morgan fingerprint density at radius 3 is 2.34 bits per heavy atom. The van der Waals surface area contributed by atoms with E-state index in [1.54, 1.807) is 7.11 Å². The minimum atomic E-state index is -0.878. The van der Waals surface area contributed by atoms with Crippen LogP contribution in [0.1, 0.15) is 47.6 Å². The van der Waals surface area contributed by atoms with Gasteiger partial charge >= 0.3 is 12.0 Å². The first-order chi connectivity index (χ1) is 15.1. The standard InChI is InChI=1S/C24H33N3O5/c1-15(2)12-21(26-24(25)30)23(29)32-14-22(28)20-13-16(3)27(17(20)4)11-10-18-6-8-19(31-5)9-7-18/h6-9,13,15,21H,10-12,14H2,1-5H3,(H3,25,26,30)/t21-/m1/s1. The van der Waals surface area contributed by atoms with E-state index >= 15 is 0 Å². The number of aryl methyl sites for hydroxylation is 2. The van der Waals surface area contributed by atoms with Gasteiger partial charge in [0.15, 0.2) is 6.61 Å². The first-order valence-electron chi connectivity index (χ1n) is 10.7. The number of methoxy groups -OCH3 is 1. The highest BCUT2D eigenvalue weighted by Gasteiger charge is 2.24. The van der Waals surface area contributed by atoms with Crippen LogP contribution in [0.2, 0.25) is 0 Å². The first kappa shape index (κ1) is 25.0. The molecule has 2 rings (SSSR count). The van der Waals surface area contributed by atoms with Crippen molar-refractivity contribution in [2.45, 2.75) is 53.1 Å². The average molecular weight is 444 g/mol. The van der Waals surface area contributed by atoms with Gasteiger partial charge in [0.1, 0.15) is 11.8 Å². The van der Waals surface area contributed by atoms with E-state index in [0.29, 0.717) is 12.0 Å². The Morgan fingerprint density at radius 2 is 1.78 bits per heavy atom. The van der Waals surface area contributed by atoms with E-state index in [0.717, 1.165) is 30.1 Å². The molecule has 0 saturated carbocycles. The maximum atomic E-state index is 12.7. The number of aromatic nitrogens is 1. The summed E-state index contributed by atoms with van der Waals surface area (Å²) in [6.07, 6.45) is 1.18. The molecule has 174 valence electrons. The van der Waals surface area contributed by atoms with E-state index in [1.807, 2.05) is 58.0 Å². The van der Waals surface area contributed by atoms with E-state index in [4.69, 9.17) is 15.2 Å². The van der Waals surface area contributed by atoms with Crippen LogP contribution in [0.5, 0.6) is 5.75 Å². The van der Waals surface area contributed by atoms with Gasteiger partial charge in [-0.05, 0) is 56.4 Å². The largest absolute Gasteiger partial charge is 0.497 e. The van der Waals surface area contributed by atoms with E-state index in [9.17, 15) is 14.4 Å². The summed E-state index contributed by atoms with van der Waals surface area (Å²) in [5, 5.41) is 2.38. The highest BCUT2D eigenvalue weighted by atomic mass is 16.5. The molecular formula is C24H33N3O5. The molecule has 0 saturated heterocycles. The Labute approximate surface area is 189 Å². The molecule has 0 aliphatic heterocycles. The van der Waals surface area contributed by atoms with Gasteiger partial charge in [-0.1, -0.05) is 26.0 Å². The lowest BCUT2D eigenvalue weighted by Gasteiger charge is -2.18. The van der Waals surface area contributed by atoms with Crippen molar-refractivity contribution in [3.05, 3.63) is 52.8 Å². The number of nitrogens with one attached hydrogen (secondary N) is 1. The Balaban J connectivity index is 2.01. The number of nitrogens with two attached hydrogens (primary N) is 1. The van der Waals surface area contributed by atoms with Gasteiger partial charge in [-0.3, -0.25) is 4.79 Å². The maximum absolute atomic E-state index is 12.7. The zero-order chi connectivity index (χ0) is 23.8. The molecule has 0 unspecified atom stereocenters. The van der Waals surface area contributed by atoms with Gasteiger partial charge < -0.3 is 25.1 Å². The molecule has 0 bridgehead atoms. The minimum Gasteiger partial charge on any atom is -0.497 e. The number of amides is 2. The monoisotopic (exact) mass is 443 g/mol. The van der Waals surface area contributed by atoms with E-state index in [-0.39, 0.29) is 11.7 Å². The predicted octanol–water partition coefficient (Wildman–Crippen LogP) is 3.17. The van der Waals surface area contributed by atoms with Crippen LogP contribution < -0.4 is 15.8 Å². The number of benzene rings is 1. The first-order valence-corrected chi connectivity index (χ1v) is 10.7. The van der Waals surface area contributed by atoms with Gasteiger partial charge in [0, 0.05) is 23.5 Å². The van der Waals surface area contributed by atoms with Gasteiger partial charge in [0.25, 0.3) is 0 Å². The highest BCUT2D eigenvalue weighted by Crippen LogP contribution is 2.18. The molecule has 0 aliphatic rings. The van der Waals surface area contributed by atoms with Crippen LogP contribution in [0.25, 0.3) is 0 Å². The Hall–Kier alpha value is -3.29. The number of primary amides is 1. The fourth-order valence-electron chi connectivity index (χ4n) is 3.63. The zero-order valence-electron chi connectivity index (χ0n) is 19.4. The fraction of sp³-hybridized carbons (Fsp3) is 0.458. The van der Waals surface area contributed by atoms with Crippen molar-refractivity contribution >= 4 is 17.8 Å². The third-order valence-corrected chi connectivity index (χ3v) is 5.31. The number of Topliss-reactive ketones (excluding diaryl/α,β-unsaturated/α-hetero) is 1. The normalized spacial score (nSPS) is 11.8. The highest BCUT2D eigenvalue weighted by molar-refractivity contribution is 5.99. The van der Waals surface area contributed by atoms with Gasteiger partial charge in [0.05, 0.1) is 7.11 Å². The number of hydrogen-bond donors (Lipinski definition) is 2. The second-order valence-electron chi connectivity index (χ2n) is 8.26. The van der Waals surface area contributed by atoms with Crippen LogP contribution in [0.15, 0.2) is 30.3 Å². The van der Waals surface area contributed by atoms with E-state index < -0.39 is 24.6 Å². The number of ether oxygens (including phenoxy) is 2. The van der Waals surface area contributed by atoms with Crippen molar-refractivity contribution in [1.29, 1.82) is 0 Å². The van der Waals surface area contributed by atoms with Crippen molar-refractivity contribution in [3.8, 4) is 5.75 Å². The summed E-state index contributed by atoms with van der Waals surface area (Å²) in [5.74, 6) is -0.00502. The predicted molar refractivity (Wildman–Crippen MR) is 122 cm³/mol. The van der Waals surface area contributed by atoms with Crippen LogP contribution in [0, 0.1) is 19.8 Å². The number of urea groups is 1. The molecule has 1 heterocycles. The second kappa shape index (κ2) is 11.4. The summed E-state index contributed by atoms with van der Waals surface area (Å²) in [5.41, 5.74) is 8.61. The number of hydrogen-bond acceptors (Lipinski definition) is 5. The summed E-state index contributed by atoms with van der Waals surface area (Å²) in [7, 11) is 1.64. The Morgan fingerprint density at radius 1 is 1.12 bits per heavy atom. The maximum Gasteiger partial charge on any atom is 0.329 e. The summed E-state index contributed by atoms with van der Waals surface area (Å²) in [6, 6.07) is 8.02. The molecule has 1 atom stereocenters. The molecule has 2 amide bonds. The molecule has 32 heavy (non-hydrogen) atoms. The average Bonchev–Trinajstić information content (AvgIpc) is 3.03. The molecule has 0 radical (unpaired) electrons. The molecule has 2 aromatic rings. The number of esters is 1. The lowest BCUT2D eigenvalue weighted by Crippen LogP contribution is -2.45. The second-order valence-corrected chi connectivity index (χ2v) is 8.26. The number of ketones is 1. The van der Waals surface area contributed by atoms with Crippen molar-refractivity contribution in [1.82, 2.24) is 9.88 Å². The van der Waals surface area contributed by atoms with Gasteiger partial charge in [0.2, 0.25) is 5.78 Å². The molecule has 1 aromatic carbocycles. The van der Waals surface area contributed by atoms with Crippen LogP contribution in [-0.2, 0) is 22.5 Å². The smallest absolute Gasteiger partial charge is 0.329 e. The topological polar surface area (TPSA) is 113 Å². The summed E-state index contributed by atoms with van der Waals surface area (Å²) in [6.45, 7) is 7.97. The van der Waals surface area contributed by atoms with Crippen molar-refractivity contribution < 1.29 is 23.9 Å². The quantitative estimate of drug-likeness (QED) is 0.409. The van der Waals surface area contributed by atoms with E-state index in [1.165, 1.54) is 5.56 Å². The Bertz CT molecular complexity index is 947. The lowest BCUT2D eigenvalue weighted by atomic mass is 10.0. The SMILES string of the molecule is COc1ccc(CCn2c(C)cc(C(=O)COC(=O)[C@@H](CC(C)C)NC(N)=O)c2C)cc1. The summed E-state index contributed by atoms with van der Waals surface area (Å²) in [4.78, 5) is 36.2. The summed E-state index contributed by atoms with van der Waals surface area (Å²) >= 11 is 0. The number of rotatable bonds is 11. The molecule has 8 nitrogen and oxygen atoms in total. The third kappa shape index (κ3) is 6.87. The van der Waals surface area contributed by atoms with Crippen LogP contribution >= 0.6 is 0 Å². The lowest BCUT2D eigenvalue weighted by molar-refractivity contribution is -0.145. The molecule has 8 heteroatoms. The summed E-state index contributed by atoms with van der Waals surface area (Å²) < 4.78 is 12.5. The Kier molecular flexibility index (Phi) is 8.87. The van der Waals surface area contributed by atoms with Gasteiger partial charge in [-0.25, -0.2) is 9.59 Å². The van der Waals surface area contributed by atoms with Gasteiger partial charge in [-0.15, -0.1) is 0 Å². The fourth-order valence-corrected chi connectivity index (χ4v) is 3.63. The third-order valence-electron chi connectivity index (χ3n) is 5.31. The molecular weight excluding hydrogens is 410 g/mol. The van der Waals surface area contributed by atoms with Crippen molar-refractivity contribution in [2.75, 3.05) is 13.7 Å². The number of carbonyl (C=O) groups is 3. The van der Waals surface area contributed by atoms with E-state index in [2.05, 4.69) is 9.88 Å². The van der Waals surface area contributed by atoms with Crippen LogP contribution in [0.4, 0.5) is 4.79 Å². The minimum absolute atomic E-state index is 0.139. The van der Waals surface area contributed by atoms with Crippen molar-refractivity contribution in [2.24, 2.45) is 11.7 Å². The zero-order valence-corrected chi connectivity index (χ0v) is 19.4. The van der Waals surface area contributed by atoms with Crippen LogP contribution in [0.3, 0.4) is 0 Å². The molecule has 0 spiro atoms. The number of nitrogens with zero attached hydrogens (tertiary/aromatic N) is 1. The molecule has 0 aliphatic carbocycles. The molecule has 3 N–H and O–H groups in total. The number of carbonyl (C=O) groups excluding carboxylic acids is 3. The van der Waals surface area contributed by atoms with Crippen molar-refractivity contribution in [3.63, 3.8) is 0 Å². The van der Waals surface area contributed by atoms with Gasteiger partial charge in [-0.2, -0.15) is 0 Å².